The molecule has 3 N–H and O–H groups in total. The maximum atomic E-state index is 13.9. The van der Waals surface area contributed by atoms with Gasteiger partial charge in [-0.3, -0.25) is 14.4 Å². The predicted molar refractivity (Wildman–Crippen MR) is 156 cm³/mol. The predicted octanol–water partition coefficient (Wildman–Crippen LogP) is 5.08. The molecule has 0 fully saturated rings. The van der Waals surface area contributed by atoms with Crippen molar-refractivity contribution in [1.82, 2.24) is 4.90 Å². The minimum atomic E-state index is -0.871. The number of fused-ring (bicyclic) bond motifs is 1. The van der Waals surface area contributed by atoms with Crippen LogP contribution in [0.5, 0.6) is 0 Å². The molecule has 1 aliphatic rings. The fourth-order valence-electron chi connectivity index (χ4n) is 4.53. The lowest BCUT2D eigenvalue weighted by Gasteiger charge is -2.19. The maximum absolute atomic E-state index is 13.9. The van der Waals surface area contributed by atoms with Gasteiger partial charge in [0.15, 0.2) is 0 Å². The molecular weight excluding hydrogens is 511 g/mol. The largest absolute Gasteiger partial charge is 0.481 e. The highest BCUT2D eigenvalue weighted by Crippen LogP contribution is 2.38. The van der Waals surface area contributed by atoms with E-state index in [0.717, 1.165) is 24.2 Å². The Hall–Kier alpha value is -4.50. The molecule has 0 saturated heterocycles. The summed E-state index contributed by atoms with van der Waals surface area (Å²) < 4.78 is 13.9. The monoisotopic (exact) mass is 544 g/mol. The van der Waals surface area contributed by atoms with Crippen LogP contribution in [0, 0.1) is 5.82 Å². The number of aliphatic carboxylic acids is 1. The quantitative estimate of drug-likeness (QED) is 0.291. The van der Waals surface area contributed by atoms with Crippen LogP contribution in [-0.4, -0.2) is 55.5 Å². The summed E-state index contributed by atoms with van der Waals surface area (Å²) in [5.74, 6) is -1.66. The molecule has 8 nitrogen and oxygen atoms in total. The van der Waals surface area contributed by atoms with Crippen molar-refractivity contribution in [3.63, 3.8) is 0 Å². The molecule has 0 aliphatic carbocycles. The SMILES string of the molecule is CN(C)CCCC(=O)N(C)c1ccc(NC(=C2C(=O)Nc3cc(F)ccc32)c2ccc(CCC(=O)O)cc2)cc1. The Labute approximate surface area is 233 Å². The topological polar surface area (TPSA) is 102 Å². The van der Waals surface area contributed by atoms with Crippen LogP contribution in [-0.2, 0) is 20.8 Å². The van der Waals surface area contributed by atoms with E-state index in [0.29, 0.717) is 46.6 Å². The minimum Gasteiger partial charge on any atom is -0.481 e. The van der Waals surface area contributed by atoms with Gasteiger partial charge in [-0.1, -0.05) is 24.3 Å². The molecule has 0 spiro atoms. The number of halogens is 1. The first-order chi connectivity index (χ1) is 19.1. The Balaban J connectivity index is 1.63. The summed E-state index contributed by atoms with van der Waals surface area (Å²) in [6.07, 6.45) is 1.63. The molecule has 2 amide bonds. The third-order valence-corrected chi connectivity index (χ3v) is 6.74. The molecule has 208 valence electrons. The minimum absolute atomic E-state index is 0.0197. The van der Waals surface area contributed by atoms with E-state index in [1.54, 1.807) is 18.0 Å². The van der Waals surface area contributed by atoms with Crippen molar-refractivity contribution in [3.05, 3.63) is 89.2 Å². The van der Waals surface area contributed by atoms with Gasteiger partial charge in [0.25, 0.3) is 5.91 Å². The maximum Gasteiger partial charge on any atom is 0.303 e. The van der Waals surface area contributed by atoms with Crippen molar-refractivity contribution in [2.24, 2.45) is 0 Å². The molecule has 3 aromatic rings. The van der Waals surface area contributed by atoms with E-state index < -0.39 is 11.8 Å². The number of nitrogens with zero attached hydrogens (tertiary/aromatic N) is 2. The normalized spacial score (nSPS) is 13.6. The summed E-state index contributed by atoms with van der Waals surface area (Å²) in [4.78, 5) is 40.3. The first-order valence-electron chi connectivity index (χ1n) is 13.1. The van der Waals surface area contributed by atoms with Gasteiger partial charge in [0.1, 0.15) is 5.82 Å². The van der Waals surface area contributed by atoms with E-state index in [1.807, 2.05) is 67.5 Å². The van der Waals surface area contributed by atoms with Gasteiger partial charge in [-0.15, -0.1) is 0 Å². The zero-order valence-electron chi connectivity index (χ0n) is 22.8. The van der Waals surface area contributed by atoms with Gasteiger partial charge in [0.05, 0.1) is 17.0 Å². The number of benzene rings is 3. The Kier molecular flexibility index (Phi) is 8.96. The summed E-state index contributed by atoms with van der Waals surface area (Å²) in [6.45, 7) is 0.837. The fraction of sp³-hybridized carbons (Fsp3) is 0.258. The fourth-order valence-corrected chi connectivity index (χ4v) is 4.53. The molecule has 9 heteroatoms. The smallest absolute Gasteiger partial charge is 0.303 e. The van der Waals surface area contributed by atoms with Gasteiger partial charge < -0.3 is 25.5 Å². The number of amides is 2. The first-order valence-corrected chi connectivity index (χ1v) is 13.1. The number of aryl methyl sites for hydroxylation is 1. The summed E-state index contributed by atoms with van der Waals surface area (Å²) in [5, 5.41) is 15.1. The van der Waals surface area contributed by atoms with Crippen LogP contribution in [0.15, 0.2) is 66.7 Å². The molecule has 0 bridgehead atoms. The second-order valence-corrected chi connectivity index (χ2v) is 10.0. The summed E-state index contributed by atoms with van der Waals surface area (Å²) in [6, 6.07) is 18.8. The second-order valence-electron chi connectivity index (χ2n) is 10.0. The van der Waals surface area contributed by atoms with E-state index in [2.05, 4.69) is 10.6 Å². The Morgan fingerprint density at radius 2 is 1.65 bits per heavy atom. The van der Waals surface area contributed by atoms with Crippen LogP contribution in [0.3, 0.4) is 0 Å². The molecule has 0 atom stereocenters. The number of carbonyl (C=O) groups excluding carboxylic acids is 2. The molecule has 0 unspecified atom stereocenters. The zero-order chi connectivity index (χ0) is 28.8. The van der Waals surface area contributed by atoms with Gasteiger partial charge in [-0.25, -0.2) is 4.39 Å². The number of rotatable bonds is 11. The van der Waals surface area contributed by atoms with E-state index in [9.17, 15) is 18.8 Å². The van der Waals surface area contributed by atoms with E-state index >= 15 is 0 Å². The van der Waals surface area contributed by atoms with E-state index in [-0.39, 0.29) is 18.2 Å². The number of anilines is 3. The molecule has 0 aromatic heterocycles. The zero-order valence-corrected chi connectivity index (χ0v) is 22.8. The van der Waals surface area contributed by atoms with E-state index in [1.165, 1.54) is 12.1 Å². The Bertz CT molecular complexity index is 1430. The van der Waals surface area contributed by atoms with Crippen molar-refractivity contribution in [2.75, 3.05) is 43.2 Å². The van der Waals surface area contributed by atoms with Gasteiger partial charge in [-0.05, 0) is 87.1 Å². The Morgan fingerprint density at radius 3 is 2.30 bits per heavy atom. The second kappa shape index (κ2) is 12.6. The highest BCUT2D eigenvalue weighted by atomic mass is 19.1. The summed E-state index contributed by atoms with van der Waals surface area (Å²) >= 11 is 0. The highest BCUT2D eigenvalue weighted by molar-refractivity contribution is 6.37. The van der Waals surface area contributed by atoms with Crippen molar-refractivity contribution in [2.45, 2.75) is 25.7 Å². The number of hydrogen-bond donors (Lipinski definition) is 3. The molecule has 3 aromatic carbocycles. The lowest BCUT2D eigenvalue weighted by Crippen LogP contribution is -2.27. The average Bonchev–Trinajstić information content (AvgIpc) is 3.25. The van der Waals surface area contributed by atoms with Gasteiger partial charge in [0, 0.05) is 36.8 Å². The van der Waals surface area contributed by atoms with Crippen LogP contribution in [0.4, 0.5) is 21.5 Å². The van der Waals surface area contributed by atoms with Crippen LogP contribution < -0.4 is 15.5 Å². The van der Waals surface area contributed by atoms with Crippen LogP contribution in [0.25, 0.3) is 11.3 Å². The first kappa shape index (κ1) is 28.5. The van der Waals surface area contributed by atoms with Crippen molar-refractivity contribution < 1.29 is 23.9 Å². The molecule has 4 rings (SSSR count). The van der Waals surface area contributed by atoms with Crippen LogP contribution >= 0.6 is 0 Å². The molecular formula is C31H33FN4O4. The van der Waals surface area contributed by atoms with Crippen LogP contribution in [0.1, 0.15) is 36.0 Å². The number of hydrogen-bond acceptors (Lipinski definition) is 5. The molecule has 40 heavy (non-hydrogen) atoms. The van der Waals surface area contributed by atoms with Crippen LogP contribution in [0.2, 0.25) is 0 Å². The van der Waals surface area contributed by atoms with Gasteiger partial charge in [-0.2, -0.15) is 0 Å². The Morgan fingerprint density at radius 1 is 0.950 bits per heavy atom. The molecule has 0 saturated carbocycles. The number of carboxylic acids is 1. The summed E-state index contributed by atoms with van der Waals surface area (Å²) in [5.41, 5.74) is 4.86. The average molecular weight is 545 g/mol. The third kappa shape index (κ3) is 6.92. The third-order valence-electron chi connectivity index (χ3n) is 6.74. The number of carboxylic acid groups (broad SMARTS) is 1. The molecule has 1 aliphatic heterocycles. The highest BCUT2D eigenvalue weighted by Gasteiger charge is 2.29. The van der Waals surface area contributed by atoms with E-state index in [4.69, 9.17) is 5.11 Å². The van der Waals surface area contributed by atoms with Gasteiger partial charge in [0.2, 0.25) is 5.91 Å². The van der Waals surface area contributed by atoms with Crippen molar-refractivity contribution >= 4 is 46.1 Å². The van der Waals surface area contributed by atoms with Crippen molar-refractivity contribution in [1.29, 1.82) is 0 Å². The van der Waals surface area contributed by atoms with Gasteiger partial charge >= 0.3 is 5.97 Å². The lowest BCUT2D eigenvalue weighted by atomic mass is 9.98. The molecule has 1 heterocycles. The number of carbonyl (C=O) groups is 3. The number of nitrogens with one attached hydrogen (secondary N) is 2. The summed E-state index contributed by atoms with van der Waals surface area (Å²) in [7, 11) is 5.70. The van der Waals surface area contributed by atoms with Crippen molar-refractivity contribution in [3.8, 4) is 0 Å². The lowest BCUT2D eigenvalue weighted by molar-refractivity contribution is -0.137. The molecule has 0 radical (unpaired) electrons. The standard InChI is InChI=1S/C31H33FN4O4/c1-35(2)18-4-5-27(37)36(3)24-14-12-23(13-15-24)33-30(21-9-6-20(7-10-21)8-17-28(38)39)29-25-16-11-22(32)19-26(25)34-31(29)40/h6-7,9-16,19,33H,4-5,8,17-18H2,1-3H3,(H,34,40)(H,38,39).